The number of rotatable bonds is 6. The molecule has 0 saturated carbocycles. The summed E-state index contributed by atoms with van der Waals surface area (Å²) in [6.07, 6.45) is 3.05. The topological polar surface area (TPSA) is 46.9 Å². The molecule has 0 unspecified atom stereocenters. The molecule has 0 spiro atoms. The maximum absolute atomic E-state index is 11.9. The molecule has 0 radical (unpaired) electrons. The Balaban J connectivity index is 1.45. The van der Waals surface area contributed by atoms with E-state index in [0.29, 0.717) is 19.5 Å². The summed E-state index contributed by atoms with van der Waals surface area (Å²) in [5, 5.41) is 9.09. The molecule has 1 amide bonds. The number of para-hydroxylation sites is 1. The number of aryl methyl sites for hydroxylation is 1. The third-order valence-electron chi connectivity index (χ3n) is 3.75. The summed E-state index contributed by atoms with van der Waals surface area (Å²) in [5.41, 5.74) is 2.22. The first-order valence-corrected chi connectivity index (χ1v) is 8.02. The van der Waals surface area contributed by atoms with Crippen molar-refractivity contribution >= 4 is 28.4 Å². The van der Waals surface area contributed by atoms with Crippen molar-refractivity contribution in [2.24, 2.45) is 0 Å². The Morgan fingerprint density at radius 3 is 2.74 bits per heavy atom. The maximum Gasteiger partial charge on any atom is 0.221 e. The Hall–Kier alpha value is -2.33. The second-order valence-corrected chi connectivity index (χ2v) is 5.84. The van der Waals surface area contributed by atoms with E-state index in [4.69, 9.17) is 11.6 Å². The lowest BCUT2D eigenvalue weighted by atomic mass is 10.1. The Kier molecular flexibility index (Phi) is 4.93. The van der Waals surface area contributed by atoms with Crippen LogP contribution in [0.5, 0.6) is 0 Å². The fraction of sp³-hybridized carbons (Fsp3) is 0.222. The minimum Gasteiger partial charge on any atom is -0.356 e. The van der Waals surface area contributed by atoms with Gasteiger partial charge in [-0.15, -0.1) is 0 Å². The van der Waals surface area contributed by atoms with E-state index in [-0.39, 0.29) is 5.91 Å². The van der Waals surface area contributed by atoms with E-state index < -0.39 is 0 Å². The molecular formula is C18H18ClN3O. The second kappa shape index (κ2) is 7.29. The molecule has 0 bridgehead atoms. The van der Waals surface area contributed by atoms with Crippen LogP contribution in [0.4, 0.5) is 0 Å². The van der Waals surface area contributed by atoms with Gasteiger partial charge in [-0.3, -0.25) is 9.48 Å². The van der Waals surface area contributed by atoms with Crippen LogP contribution >= 0.6 is 11.6 Å². The van der Waals surface area contributed by atoms with Gasteiger partial charge in [-0.2, -0.15) is 5.10 Å². The molecule has 2 aromatic carbocycles. The van der Waals surface area contributed by atoms with Crippen molar-refractivity contribution in [1.82, 2.24) is 15.1 Å². The average Bonchev–Trinajstić information content (AvgIpc) is 2.98. The highest BCUT2D eigenvalue weighted by Gasteiger charge is 2.05. The van der Waals surface area contributed by atoms with Gasteiger partial charge >= 0.3 is 0 Å². The third kappa shape index (κ3) is 4.11. The van der Waals surface area contributed by atoms with Crippen molar-refractivity contribution in [1.29, 1.82) is 0 Å². The summed E-state index contributed by atoms with van der Waals surface area (Å²) in [7, 11) is 0. The highest BCUT2D eigenvalue weighted by molar-refractivity contribution is 6.30. The van der Waals surface area contributed by atoms with Crippen molar-refractivity contribution in [3.05, 3.63) is 65.3 Å². The maximum atomic E-state index is 11.9. The number of amides is 1. The number of halogens is 1. The van der Waals surface area contributed by atoms with Crippen LogP contribution in [0.3, 0.4) is 0 Å². The number of carbonyl (C=O) groups is 1. The van der Waals surface area contributed by atoms with Gasteiger partial charge < -0.3 is 5.32 Å². The number of carbonyl (C=O) groups excluding carboxylic acids is 1. The zero-order valence-corrected chi connectivity index (χ0v) is 13.5. The molecule has 0 fully saturated rings. The van der Waals surface area contributed by atoms with E-state index >= 15 is 0 Å². The minimum absolute atomic E-state index is 0.0403. The highest BCUT2D eigenvalue weighted by atomic mass is 35.5. The molecule has 0 atom stereocenters. The number of aromatic nitrogens is 2. The van der Waals surface area contributed by atoms with Gasteiger partial charge in [0.1, 0.15) is 0 Å². The fourth-order valence-electron chi connectivity index (χ4n) is 2.50. The van der Waals surface area contributed by atoms with E-state index in [0.717, 1.165) is 27.9 Å². The molecule has 3 aromatic rings. The number of hydrogen-bond acceptors (Lipinski definition) is 2. The summed E-state index contributed by atoms with van der Waals surface area (Å²) in [4.78, 5) is 11.9. The lowest BCUT2D eigenvalue weighted by Crippen LogP contribution is -2.26. The van der Waals surface area contributed by atoms with Crippen molar-refractivity contribution in [2.45, 2.75) is 19.4 Å². The van der Waals surface area contributed by atoms with E-state index in [9.17, 15) is 4.79 Å². The molecule has 23 heavy (non-hydrogen) atoms. The number of nitrogens with one attached hydrogen (secondary N) is 1. The molecule has 0 saturated heterocycles. The molecule has 0 aliphatic rings. The first-order chi connectivity index (χ1) is 11.2. The van der Waals surface area contributed by atoms with Crippen LogP contribution in [0.15, 0.2) is 54.7 Å². The van der Waals surface area contributed by atoms with E-state index in [1.165, 1.54) is 0 Å². The molecule has 1 N–H and O–H groups in total. The van der Waals surface area contributed by atoms with Crippen molar-refractivity contribution in [3.63, 3.8) is 0 Å². The highest BCUT2D eigenvalue weighted by Crippen LogP contribution is 2.13. The van der Waals surface area contributed by atoms with Crippen LogP contribution in [0.2, 0.25) is 5.02 Å². The summed E-state index contributed by atoms with van der Waals surface area (Å²) in [5.74, 6) is 0.0403. The SMILES string of the molecule is O=C(CCn1ncc2ccccc21)NCCc1ccc(Cl)cc1. The van der Waals surface area contributed by atoms with Gasteiger partial charge in [0.05, 0.1) is 18.3 Å². The molecule has 0 aliphatic heterocycles. The molecule has 3 rings (SSSR count). The fourth-order valence-corrected chi connectivity index (χ4v) is 2.62. The molecule has 0 aliphatic carbocycles. The summed E-state index contributed by atoms with van der Waals surface area (Å²) >= 11 is 5.85. The normalized spacial score (nSPS) is 10.8. The first-order valence-electron chi connectivity index (χ1n) is 7.64. The Bertz CT molecular complexity index is 795. The number of hydrogen-bond donors (Lipinski definition) is 1. The van der Waals surface area contributed by atoms with Gasteiger partial charge in [0.2, 0.25) is 5.91 Å². The molecular weight excluding hydrogens is 310 g/mol. The predicted octanol–water partition coefficient (Wildman–Crippen LogP) is 3.44. The Morgan fingerprint density at radius 2 is 1.91 bits per heavy atom. The predicted molar refractivity (Wildman–Crippen MR) is 92.5 cm³/mol. The monoisotopic (exact) mass is 327 g/mol. The Labute approximate surface area is 140 Å². The van der Waals surface area contributed by atoms with Crippen molar-refractivity contribution in [3.8, 4) is 0 Å². The molecule has 1 heterocycles. The van der Waals surface area contributed by atoms with Gasteiger partial charge in [-0.1, -0.05) is 41.9 Å². The lowest BCUT2D eigenvalue weighted by Gasteiger charge is -2.06. The Morgan fingerprint density at radius 1 is 1.13 bits per heavy atom. The summed E-state index contributed by atoms with van der Waals surface area (Å²) < 4.78 is 1.87. The van der Waals surface area contributed by atoms with Gasteiger partial charge in [-0.05, 0) is 30.2 Å². The molecule has 5 heteroatoms. The van der Waals surface area contributed by atoms with Gasteiger partial charge in [-0.25, -0.2) is 0 Å². The van der Waals surface area contributed by atoms with E-state index in [2.05, 4.69) is 10.4 Å². The number of fused-ring (bicyclic) bond motifs is 1. The zero-order valence-electron chi connectivity index (χ0n) is 12.7. The van der Waals surface area contributed by atoms with Crippen LogP contribution in [-0.2, 0) is 17.8 Å². The quantitative estimate of drug-likeness (QED) is 0.754. The van der Waals surface area contributed by atoms with Gasteiger partial charge in [0.25, 0.3) is 0 Å². The zero-order chi connectivity index (χ0) is 16.1. The molecule has 1 aromatic heterocycles. The van der Waals surface area contributed by atoms with Crippen LogP contribution in [0.25, 0.3) is 10.9 Å². The van der Waals surface area contributed by atoms with E-state index in [1.807, 2.05) is 59.4 Å². The first kappa shape index (κ1) is 15.6. The summed E-state index contributed by atoms with van der Waals surface area (Å²) in [6, 6.07) is 15.7. The van der Waals surface area contributed by atoms with Gasteiger partial charge in [0.15, 0.2) is 0 Å². The number of benzene rings is 2. The molecule has 118 valence electrons. The third-order valence-corrected chi connectivity index (χ3v) is 4.00. The van der Waals surface area contributed by atoms with Crippen molar-refractivity contribution < 1.29 is 4.79 Å². The second-order valence-electron chi connectivity index (χ2n) is 5.40. The molecule has 4 nitrogen and oxygen atoms in total. The van der Waals surface area contributed by atoms with Crippen LogP contribution in [0, 0.1) is 0 Å². The van der Waals surface area contributed by atoms with Crippen LogP contribution < -0.4 is 5.32 Å². The van der Waals surface area contributed by atoms with Crippen LogP contribution in [-0.4, -0.2) is 22.2 Å². The van der Waals surface area contributed by atoms with E-state index in [1.54, 1.807) is 0 Å². The minimum atomic E-state index is 0.0403. The average molecular weight is 328 g/mol. The van der Waals surface area contributed by atoms with Crippen molar-refractivity contribution in [2.75, 3.05) is 6.54 Å². The summed E-state index contributed by atoms with van der Waals surface area (Å²) in [6.45, 7) is 1.21. The van der Waals surface area contributed by atoms with Gasteiger partial charge in [0, 0.05) is 23.4 Å². The largest absolute Gasteiger partial charge is 0.356 e. The number of nitrogens with zero attached hydrogens (tertiary/aromatic N) is 2. The lowest BCUT2D eigenvalue weighted by molar-refractivity contribution is -0.121. The standard InChI is InChI=1S/C18H18ClN3O/c19-16-7-5-14(6-8-16)9-11-20-18(23)10-12-22-17-4-2-1-3-15(17)13-21-22/h1-8,13H,9-12H2,(H,20,23). The van der Waals surface area contributed by atoms with Crippen LogP contribution in [0.1, 0.15) is 12.0 Å². The smallest absolute Gasteiger partial charge is 0.221 e.